The minimum atomic E-state index is 0.0180. The molecule has 2 aromatic heterocycles. The zero-order valence-electron chi connectivity index (χ0n) is 11.0. The third-order valence-corrected chi connectivity index (χ3v) is 4.27. The SMILES string of the molecule is CCCN(Cc1cc(=O)n2ccsc2n1)C1CNC1. The number of hydrogen-bond acceptors (Lipinski definition) is 5. The Morgan fingerprint density at radius 3 is 3.11 bits per heavy atom. The van der Waals surface area contributed by atoms with Crippen LogP contribution in [-0.2, 0) is 6.54 Å². The van der Waals surface area contributed by atoms with Crippen molar-refractivity contribution in [2.24, 2.45) is 0 Å². The molecule has 3 rings (SSSR count). The fraction of sp³-hybridized carbons (Fsp3) is 0.538. The minimum Gasteiger partial charge on any atom is -0.314 e. The highest BCUT2D eigenvalue weighted by Crippen LogP contribution is 2.12. The van der Waals surface area contributed by atoms with Crippen molar-refractivity contribution in [3.63, 3.8) is 0 Å². The summed E-state index contributed by atoms with van der Waals surface area (Å²) in [6.07, 6.45) is 2.90. The molecule has 102 valence electrons. The quantitative estimate of drug-likeness (QED) is 0.884. The van der Waals surface area contributed by atoms with Crippen LogP contribution in [0.1, 0.15) is 19.0 Å². The Hall–Kier alpha value is -1.24. The highest BCUT2D eigenvalue weighted by molar-refractivity contribution is 7.15. The van der Waals surface area contributed by atoms with E-state index in [-0.39, 0.29) is 5.56 Å². The fourth-order valence-corrected chi connectivity index (χ4v) is 3.13. The van der Waals surface area contributed by atoms with Crippen molar-refractivity contribution in [3.05, 3.63) is 33.7 Å². The zero-order chi connectivity index (χ0) is 13.2. The molecule has 0 atom stereocenters. The molecule has 0 aromatic carbocycles. The van der Waals surface area contributed by atoms with Crippen molar-refractivity contribution >= 4 is 16.3 Å². The van der Waals surface area contributed by atoms with Crippen LogP contribution in [0.2, 0.25) is 0 Å². The van der Waals surface area contributed by atoms with Crippen LogP contribution < -0.4 is 10.9 Å². The van der Waals surface area contributed by atoms with Crippen molar-refractivity contribution in [2.45, 2.75) is 25.9 Å². The summed E-state index contributed by atoms with van der Waals surface area (Å²) in [4.78, 5) is 19.7. The standard InChI is InChI=1S/C13H18N4OS/c1-2-3-16(11-7-14-8-11)9-10-6-12(18)17-4-5-19-13(17)15-10/h4-6,11,14H,2-3,7-9H2,1H3. The zero-order valence-corrected chi connectivity index (χ0v) is 11.8. The lowest BCUT2D eigenvalue weighted by Gasteiger charge is -2.37. The molecule has 1 fully saturated rings. The van der Waals surface area contributed by atoms with Gasteiger partial charge >= 0.3 is 0 Å². The van der Waals surface area contributed by atoms with Gasteiger partial charge in [0.1, 0.15) is 0 Å². The Bertz CT molecular complexity index is 616. The number of aromatic nitrogens is 2. The van der Waals surface area contributed by atoms with Gasteiger partial charge in [0.2, 0.25) is 0 Å². The first-order valence-electron chi connectivity index (χ1n) is 6.68. The summed E-state index contributed by atoms with van der Waals surface area (Å²) in [5.74, 6) is 0. The minimum absolute atomic E-state index is 0.0180. The van der Waals surface area contributed by atoms with E-state index in [2.05, 4.69) is 22.1 Å². The van der Waals surface area contributed by atoms with Crippen molar-refractivity contribution in [1.82, 2.24) is 19.6 Å². The van der Waals surface area contributed by atoms with Crippen molar-refractivity contribution in [3.8, 4) is 0 Å². The summed E-state index contributed by atoms with van der Waals surface area (Å²) in [7, 11) is 0. The molecule has 6 heteroatoms. The highest BCUT2D eigenvalue weighted by Gasteiger charge is 2.24. The second kappa shape index (κ2) is 5.40. The lowest BCUT2D eigenvalue weighted by molar-refractivity contribution is 0.136. The van der Waals surface area contributed by atoms with Crippen molar-refractivity contribution in [2.75, 3.05) is 19.6 Å². The van der Waals surface area contributed by atoms with E-state index in [1.54, 1.807) is 16.7 Å². The largest absolute Gasteiger partial charge is 0.314 e. The normalized spacial score (nSPS) is 16.1. The molecule has 0 radical (unpaired) electrons. The third-order valence-electron chi connectivity index (χ3n) is 3.51. The number of rotatable bonds is 5. The second-order valence-corrected chi connectivity index (χ2v) is 5.80. The van der Waals surface area contributed by atoms with E-state index in [0.717, 1.165) is 43.3 Å². The van der Waals surface area contributed by atoms with Crippen LogP contribution >= 0.6 is 11.3 Å². The van der Waals surface area contributed by atoms with Crippen LogP contribution in [-0.4, -0.2) is 40.0 Å². The summed E-state index contributed by atoms with van der Waals surface area (Å²) in [6, 6.07) is 2.25. The Morgan fingerprint density at radius 1 is 1.58 bits per heavy atom. The van der Waals surface area contributed by atoms with Gasteiger partial charge in [0, 0.05) is 43.3 Å². The Kier molecular flexibility index (Phi) is 3.63. The first-order valence-corrected chi connectivity index (χ1v) is 7.56. The molecule has 0 amide bonds. The average molecular weight is 278 g/mol. The van der Waals surface area contributed by atoms with Gasteiger partial charge in [-0.2, -0.15) is 0 Å². The van der Waals surface area contributed by atoms with Gasteiger partial charge in [0.25, 0.3) is 5.56 Å². The van der Waals surface area contributed by atoms with E-state index in [0.29, 0.717) is 6.04 Å². The smallest absolute Gasteiger partial charge is 0.258 e. The molecular formula is C13H18N4OS. The molecule has 19 heavy (non-hydrogen) atoms. The molecule has 5 nitrogen and oxygen atoms in total. The molecule has 0 unspecified atom stereocenters. The topological polar surface area (TPSA) is 49.6 Å². The number of thiazole rings is 1. The summed E-state index contributed by atoms with van der Waals surface area (Å²) >= 11 is 1.51. The maximum absolute atomic E-state index is 12.0. The second-order valence-electron chi connectivity index (χ2n) is 4.92. The third kappa shape index (κ3) is 2.56. The molecule has 0 aliphatic carbocycles. The van der Waals surface area contributed by atoms with Gasteiger partial charge in [-0.1, -0.05) is 6.92 Å². The molecule has 0 bridgehead atoms. The summed E-state index contributed by atoms with van der Waals surface area (Å²) in [6.45, 7) is 6.09. The van der Waals surface area contributed by atoms with Crippen molar-refractivity contribution in [1.29, 1.82) is 0 Å². The van der Waals surface area contributed by atoms with E-state index in [1.165, 1.54) is 11.3 Å². The van der Waals surface area contributed by atoms with Crippen LogP contribution in [0, 0.1) is 0 Å². The lowest BCUT2D eigenvalue weighted by Crippen LogP contribution is -2.57. The molecule has 1 N–H and O–H groups in total. The van der Waals surface area contributed by atoms with Crippen LogP contribution in [0.15, 0.2) is 22.4 Å². The Labute approximate surface area is 115 Å². The van der Waals surface area contributed by atoms with E-state index in [9.17, 15) is 4.79 Å². The van der Waals surface area contributed by atoms with E-state index >= 15 is 0 Å². The van der Waals surface area contributed by atoms with Gasteiger partial charge in [-0.25, -0.2) is 4.98 Å². The maximum Gasteiger partial charge on any atom is 0.258 e. The summed E-state index contributed by atoms with van der Waals surface area (Å²) < 4.78 is 1.60. The first kappa shape index (κ1) is 12.8. The van der Waals surface area contributed by atoms with Gasteiger partial charge in [-0.05, 0) is 13.0 Å². The molecule has 1 aliphatic rings. The van der Waals surface area contributed by atoms with E-state index in [1.807, 2.05) is 5.38 Å². The predicted molar refractivity (Wildman–Crippen MR) is 76.7 cm³/mol. The van der Waals surface area contributed by atoms with Gasteiger partial charge in [0.15, 0.2) is 4.96 Å². The first-order chi connectivity index (χ1) is 9.28. The van der Waals surface area contributed by atoms with E-state index in [4.69, 9.17) is 0 Å². The number of hydrogen-bond donors (Lipinski definition) is 1. The molecular weight excluding hydrogens is 260 g/mol. The fourth-order valence-electron chi connectivity index (χ4n) is 2.39. The maximum atomic E-state index is 12.0. The van der Waals surface area contributed by atoms with Gasteiger partial charge < -0.3 is 5.32 Å². The van der Waals surface area contributed by atoms with E-state index < -0.39 is 0 Å². The van der Waals surface area contributed by atoms with Gasteiger partial charge in [-0.15, -0.1) is 11.3 Å². The van der Waals surface area contributed by atoms with Gasteiger partial charge in [-0.3, -0.25) is 14.1 Å². The Morgan fingerprint density at radius 2 is 2.42 bits per heavy atom. The summed E-state index contributed by atoms with van der Waals surface area (Å²) in [5.41, 5.74) is 0.900. The highest BCUT2D eigenvalue weighted by atomic mass is 32.1. The lowest BCUT2D eigenvalue weighted by atomic mass is 10.1. The molecule has 0 saturated carbocycles. The number of fused-ring (bicyclic) bond motifs is 1. The van der Waals surface area contributed by atoms with Crippen LogP contribution in [0.3, 0.4) is 0 Å². The number of nitrogens with zero attached hydrogens (tertiary/aromatic N) is 3. The molecule has 2 aromatic rings. The molecule has 0 spiro atoms. The predicted octanol–water partition coefficient (Wildman–Crippen LogP) is 0.940. The molecule has 1 aliphatic heterocycles. The summed E-state index contributed by atoms with van der Waals surface area (Å²) in [5, 5.41) is 5.19. The molecule has 1 saturated heterocycles. The number of nitrogens with one attached hydrogen (secondary N) is 1. The Balaban J connectivity index is 1.84. The monoisotopic (exact) mass is 278 g/mol. The van der Waals surface area contributed by atoms with Crippen LogP contribution in [0.5, 0.6) is 0 Å². The van der Waals surface area contributed by atoms with Gasteiger partial charge in [0.05, 0.1) is 5.69 Å². The van der Waals surface area contributed by atoms with Crippen LogP contribution in [0.25, 0.3) is 4.96 Å². The molecule has 3 heterocycles. The van der Waals surface area contributed by atoms with Crippen molar-refractivity contribution < 1.29 is 0 Å². The average Bonchev–Trinajstić information content (AvgIpc) is 2.75. The van der Waals surface area contributed by atoms with Crippen LogP contribution in [0.4, 0.5) is 0 Å².